The van der Waals surface area contributed by atoms with E-state index in [1.165, 1.54) is 31.4 Å². The second kappa shape index (κ2) is 7.82. The largest absolute Gasteiger partial charge is 0.465 e. The number of carbonyl (C=O) groups excluding carboxylic acids is 1. The predicted molar refractivity (Wildman–Crippen MR) is 105 cm³/mol. The summed E-state index contributed by atoms with van der Waals surface area (Å²) < 4.78 is 46.0. The van der Waals surface area contributed by atoms with E-state index in [9.17, 15) is 17.6 Å². The molecule has 7 heteroatoms. The lowest BCUT2D eigenvalue weighted by atomic mass is 10.0. The molecule has 0 aliphatic rings. The molecule has 1 N–H and O–H groups in total. The van der Waals surface area contributed by atoms with E-state index in [2.05, 4.69) is 9.46 Å². The highest BCUT2D eigenvalue weighted by Gasteiger charge is 2.15. The van der Waals surface area contributed by atoms with Crippen molar-refractivity contribution in [2.45, 2.75) is 11.8 Å². The molecule has 0 heterocycles. The molecule has 3 rings (SSSR count). The van der Waals surface area contributed by atoms with Gasteiger partial charge in [0.2, 0.25) is 0 Å². The third-order valence-corrected chi connectivity index (χ3v) is 5.57. The Kier molecular flexibility index (Phi) is 5.46. The minimum Gasteiger partial charge on any atom is -0.465 e. The first-order chi connectivity index (χ1) is 13.3. The van der Waals surface area contributed by atoms with Crippen LogP contribution >= 0.6 is 0 Å². The molecular weight excluding hydrogens is 381 g/mol. The van der Waals surface area contributed by atoms with Crippen LogP contribution in [0, 0.1) is 12.7 Å². The van der Waals surface area contributed by atoms with Gasteiger partial charge in [-0.25, -0.2) is 17.6 Å². The first kappa shape index (κ1) is 19.6. The zero-order valence-electron chi connectivity index (χ0n) is 15.3. The van der Waals surface area contributed by atoms with Crippen LogP contribution in [0.3, 0.4) is 0 Å². The summed E-state index contributed by atoms with van der Waals surface area (Å²) in [5.74, 6) is -1.43. The second-order valence-electron chi connectivity index (χ2n) is 6.18. The highest BCUT2D eigenvalue weighted by molar-refractivity contribution is 7.92. The van der Waals surface area contributed by atoms with Crippen molar-refractivity contribution in [3.05, 3.63) is 83.7 Å². The normalized spacial score (nSPS) is 11.1. The quantitative estimate of drug-likeness (QED) is 0.646. The fourth-order valence-corrected chi connectivity index (χ4v) is 3.69. The minimum atomic E-state index is -3.69. The Morgan fingerprint density at radius 1 is 0.929 bits per heavy atom. The first-order valence-corrected chi connectivity index (χ1v) is 9.86. The van der Waals surface area contributed by atoms with E-state index in [0.717, 1.165) is 5.56 Å². The van der Waals surface area contributed by atoms with E-state index in [0.29, 0.717) is 16.8 Å². The predicted octanol–water partition coefficient (Wildman–Crippen LogP) is 4.39. The van der Waals surface area contributed by atoms with Crippen LogP contribution in [0.25, 0.3) is 11.1 Å². The first-order valence-electron chi connectivity index (χ1n) is 8.38. The van der Waals surface area contributed by atoms with E-state index in [1.54, 1.807) is 42.5 Å². The van der Waals surface area contributed by atoms with Crippen LogP contribution in [-0.4, -0.2) is 21.5 Å². The lowest BCUT2D eigenvalue weighted by molar-refractivity contribution is 0.0595. The number of hydrogen-bond acceptors (Lipinski definition) is 4. The van der Waals surface area contributed by atoms with Crippen LogP contribution in [0.1, 0.15) is 15.9 Å². The molecule has 0 radical (unpaired) electrons. The number of anilines is 1. The molecule has 0 bridgehead atoms. The average Bonchev–Trinajstić information content (AvgIpc) is 2.68. The van der Waals surface area contributed by atoms with Crippen molar-refractivity contribution in [3.63, 3.8) is 0 Å². The van der Waals surface area contributed by atoms with E-state index < -0.39 is 21.8 Å². The van der Waals surface area contributed by atoms with Crippen molar-refractivity contribution in [2.75, 3.05) is 11.8 Å². The summed E-state index contributed by atoms with van der Waals surface area (Å²) in [6, 6.07) is 17.2. The van der Waals surface area contributed by atoms with Gasteiger partial charge in [0.05, 0.1) is 17.6 Å². The van der Waals surface area contributed by atoms with Crippen molar-refractivity contribution in [1.82, 2.24) is 0 Å². The highest BCUT2D eigenvalue weighted by atomic mass is 32.2. The Labute approximate surface area is 162 Å². The Bertz CT molecular complexity index is 1110. The molecule has 3 aromatic rings. The molecule has 0 saturated carbocycles. The van der Waals surface area contributed by atoms with E-state index in [-0.39, 0.29) is 10.5 Å². The fourth-order valence-electron chi connectivity index (χ4n) is 2.63. The number of methoxy groups -OCH3 is 1. The Hall–Kier alpha value is -3.19. The minimum absolute atomic E-state index is 0.145. The molecule has 28 heavy (non-hydrogen) atoms. The maximum Gasteiger partial charge on any atom is 0.340 e. The van der Waals surface area contributed by atoms with Crippen LogP contribution in [0.15, 0.2) is 71.6 Å². The smallest absolute Gasteiger partial charge is 0.340 e. The van der Waals surface area contributed by atoms with E-state index >= 15 is 0 Å². The summed E-state index contributed by atoms with van der Waals surface area (Å²) in [5.41, 5.74) is 2.44. The van der Waals surface area contributed by atoms with Gasteiger partial charge in [-0.2, -0.15) is 0 Å². The van der Waals surface area contributed by atoms with Crippen LogP contribution in [0.4, 0.5) is 10.1 Å². The Morgan fingerprint density at radius 3 is 2.11 bits per heavy atom. The van der Waals surface area contributed by atoms with Crippen molar-refractivity contribution in [2.24, 2.45) is 0 Å². The van der Waals surface area contributed by atoms with Gasteiger partial charge in [0.1, 0.15) is 5.82 Å². The summed E-state index contributed by atoms with van der Waals surface area (Å²) in [4.78, 5) is 11.6. The lowest BCUT2D eigenvalue weighted by Gasteiger charge is -2.10. The number of nitrogens with one attached hydrogen (secondary N) is 1. The van der Waals surface area contributed by atoms with Gasteiger partial charge in [0, 0.05) is 5.69 Å². The number of hydrogen-bond donors (Lipinski definition) is 1. The fraction of sp³-hybridized carbons (Fsp3) is 0.0952. The molecule has 0 spiro atoms. The van der Waals surface area contributed by atoms with E-state index in [1.807, 2.05) is 6.92 Å². The van der Waals surface area contributed by atoms with Crippen molar-refractivity contribution in [1.29, 1.82) is 0 Å². The molecule has 0 amide bonds. The topological polar surface area (TPSA) is 72.5 Å². The molecule has 0 aliphatic heterocycles. The number of rotatable bonds is 5. The summed E-state index contributed by atoms with van der Waals surface area (Å²) in [6.45, 7) is 1.88. The zero-order chi connectivity index (χ0) is 20.3. The summed E-state index contributed by atoms with van der Waals surface area (Å²) in [5, 5.41) is 0. The molecule has 0 saturated heterocycles. The number of benzene rings is 3. The number of sulfonamides is 1. The Morgan fingerprint density at radius 2 is 1.54 bits per heavy atom. The van der Waals surface area contributed by atoms with Crippen LogP contribution in [0.5, 0.6) is 0 Å². The number of aryl methyl sites for hydroxylation is 1. The molecule has 0 atom stereocenters. The number of halogens is 1. The van der Waals surface area contributed by atoms with E-state index in [4.69, 9.17) is 0 Å². The summed E-state index contributed by atoms with van der Waals surface area (Å²) in [7, 11) is -2.51. The van der Waals surface area contributed by atoms with Crippen LogP contribution in [-0.2, 0) is 14.8 Å². The van der Waals surface area contributed by atoms with Gasteiger partial charge in [-0.1, -0.05) is 35.9 Å². The van der Waals surface area contributed by atoms with Crippen molar-refractivity contribution in [3.8, 4) is 11.1 Å². The SMILES string of the molecule is COC(=O)c1ccc(-c2ccc(NS(=O)(=O)c3ccc(C)cc3)cc2)cc1F. The van der Waals surface area contributed by atoms with Gasteiger partial charge >= 0.3 is 5.97 Å². The molecule has 0 aromatic heterocycles. The zero-order valence-corrected chi connectivity index (χ0v) is 16.1. The molecule has 0 fully saturated rings. The number of carbonyl (C=O) groups is 1. The van der Waals surface area contributed by atoms with Gasteiger partial charge in [0.15, 0.2) is 0 Å². The van der Waals surface area contributed by atoms with Gasteiger partial charge in [-0.3, -0.25) is 4.72 Å². The van der Waals surface area contributed by atoms with Crippen molar-refractivity contribution >= 4 is 21.7 Å². The van der Waals surface area contributed by atoms with Gasteiger partial charge < -0.3 is 4.74 Å². The van der Waals surface area contributed by atoms with Crippen molar-refractivity contribution < 1.29 is 22.3 Å². The maximum absolute atomic E-state index is 14.1. The van der Waals surface area contributed by atoms with Gasteiger partial charge in [-0.05, 0) is 54.4 Å². The van der Waals surface area contributed by atoms with Crippen LogP contribution < -0.4 is 4.72 Å². The molecule has 3 aromatic carbocycles. The number of ether oxygens (including phenoxy) is 1. The molecule has 0 aliphatic carbocycles. The van der Waals surface area contributed by atoms with Crippen LogP contribution in [0.2, 0.25) is 0 Å². The molecular formula is C21H18FNO4S. The third-order valence-electron chi connectivity index (χ3n) is 4.18. The molecule has 0 unspecified atom stereocenters. The highest BCUT2D eigenvalue weighted by Crippen LogP contribution is 2.25. The molecule has 144 valence electrons. The van der Waals surface area contributed by atoms with Gasteiger partial charge in [0.25, 0.3) is 10.0 Å². The second-order valence-corrected chi connectivity index (χ2v) is 7.86. The number of esters is 1. The average molecular weight is 399 g/mol. The van der Waals surface area contributed by atoms with Gasteiger partial charge in [-0.15, -0.1) is 0 Å². The maximum atomic E-state index is 14.1. The third kappa shape index (κ3) is 4.20. The standard InChI is InChI=1S/C21H18FNO4S/c1-14-3-10-18(11-4-14)28(25,26)23-17-8-5-15(6-9-17)16-7-12-19(20(22)13-16)21(24)27-2/h3-13,23H,1-2H3. The lowest BCUT2D eigenvalue weighted by Crippen LogP contribution is -2.12. The molecule has 5 nitrogen and oxygen atoms in total. The monoisotopic (exact) mass is 399 g/mol. The summed E-state index contributed by atoms with van der Waals surface area (Å²) in [6.07, 6.45) is 0. The summed E-state index contributed by atoms with van der Waals surface area (Å²) >= 11 is 0. The Balaban J connectivity index is 1.81.